The summed E-state index contributed by atoms with van der Waals surface area (Å²) in [6, 6.07) is 9.65. The molecule has 124 valence electrons. The van der Waals surface area contributed by atoms with E-state index in [1.807, 2.05) is 30.3 Å². The Balaban J connectivity index is 1.60. The van der Waals surface area contributed by atoms with Crippen LogP contribution in [-0.4, -0.2) is 34.8 Å². The minimum atomic E-state index is -0.216. The molecule has 0 saturated heterocycles. The fourth-order valence-corrected chi connectivity index (χ4v) is 2.84. The maximum Gasteiger partial charge on any atom is 0.247 e. The highest BCUT2D eigenvalue weighted by atomic mass is 32.1. The Labute approximate surface area is 145 Å². The highest BCUT2D eigenvalue weighted by Gasteiger charge is 2.27. The first-order valence-corrected chi connectivity index (χ1v) is 8.80. The lowest BCUT2D eigenvalue weighted by Crippen LogP contribution is -2.38. The number of thiazole rings is 1. The molecule has 1 aliphatic carbocycles. The van der Waals surface area contributed by atoms with E-state index in [0.717, 1.165) is 18.4 Å². The molecule has 2 aromatic rings. The monoisotopic (exact) mass is 341 g/mol. The van der Waals surface area contributed by atoms with Crippen LogP contribution in [0.3, 0.4) is 0 Å². The molecule has 2 amide bonds. The average molecular weight is 341 g/mol. The van der Waals surface area contributed by atoms with Gasteiger partial charge in [0.05, 0.1) is 0 Å². The third-order valence-corrected chi connectivity index (χ3v) is 4.41. The number of amides is 2. The molecule has 0 radical (unpaired) electrons. The quantitative estimate of drug-likeness (QED) is 0.788. The number of carbonyl (C=O) groups excluding carboxylic acids is 2. The van der Waals surface area contributed by atoms with Crippen molar-refractivity contribution in [3.63, 3.8) is 0 Å². The highest BCUT2D eigenvalue weighted by molar-refractivity contribution is 7.13. The summed E-state index contributed by atoms with van der Waals surface area (Å²) in [5, 5.41) is 5.08. The lowest BCUT2D eigenvalue weighted by atomic mass is 10.2. The van der Waals surface area contributed by atoms with E-state index >= 15 is 0 Å². The van der Waals surface area contributed by atoms with Gasteiger partial charge in [0.25, 0.3) is 0 Å². The van der Waals surface area contributed by atoms with Crippen LogP contribution in [0.5, 0.6) is 0 Å². The minimum Gasteiger partial charge on any atom is -0.330 e. The van der Waals surface area contributed by atoms with Crippen molar-refractivity contribution in [2.24, 2.45) is 5.92 Å². The number of hydrogen-bond donors (Lipinski definition) is 1. The van der Waals surface area contributed by atoms with Crippen molar-refractivity contribution in [2.75, 3.05) is 18.4 Å². The Morgan fingerprint density at radius 1 is 1.29 bits per heavy atom. The van der Waals surface area contributed by atoms with Crippen LogP contribution in [0.15, 0.2) is 48.0 Å². The molecule has 1 aromatic carbocycles. The topological polar surface area (TPSA) is 62.3 Å². The minimum absolute atomic E-state index is 0.0496. The molecular formula is C18H19N3O2S. The Kier molecular flexibility index (Phi) is 5.38. The molecule has 1 aromatic heterocycles. The van der Waals surface area contributed by atoms with E-state index in [2.05, 4.69) is 10.3 Å². The van der Waals surface area contributed by atoms with Gasteiger partial charge in [-0.25, -0.2) is 4.98 Å². The fourth-order valence-electron chi connectivity index (χ4n) is 2.30. The Morgan fingerprint density at radius 2 is 2.08 bits per heavy atom. The van der Waals surface area contributed by atoms with E-state index in [-0.39, 0.29) is 18.4 Å². The molecule has 1 heterocycles. The number of benzene rings is 1. The molecular weight excluding hydrogens is 322 g/mol. The van der Waals surface area contributed by atoms with Crippen molar-refractivity contribution < 1.29 is 9.59 Å². The molecule has 0 unspecified atom stereocenters. The van der Waals surface area contributed by atoms with Crippen molar-refractivity contribution in [3.05, 3.63) is 53.5 Å². The summed E-state index contributed by atoms with van der Waals surface area (Å²) in [5.74, 6) is 0.166. The summed E-state index contributed by atoms with van der Waals surface area (Å²) in [6.45, 7) is 0.678. The molecule has 0 aliphatic heterocycles. The van der Waals surface area contributed by atoms with Crippen molar-refractivity contribution >= 4 is 34.4 Å². The summed E-state index contributed by atoms with van der Waals surface area (Å²) in [7, 11) is 0. The van der Waals surface area contributed by atoms with Gasteiger partial charge in [0, 0.05) is 24.2 Å². The molecule has 1 saturated carbocycles. The summed E-state index contributed by atoms with van der Waals surface area (Å²) in [5.41, 5.74) is 0.962. The number of nitrogens with zero attached hydrogens (tertiary/aromatic N) is 2. The van der Waals surface area contributed by atoms with Crippen LogP contribution < -0.4 is 5.32 Å². The molecule has 1 fully saturated rings. The molecule has 1 aliphatic rings. The summed E-state index contributed by atoms with van der Waals surface area (Å²) in [6.07, 6.45) is 7.20. The van der Waals surface area contributed by atoms with Gasteiger partial charge in [-0.2, -0.15) is 0 Å². The lowest BCUT2D eigenvalue weighted by molar-refractivity contribution is -0.130. The highest BCUT2D eigenvalue weighted by Crippen LogP contribution is 2.29. The molecule has 0 spiro atoms. The average Bonchev–Trinajstić information content (AvgIpc) is 3.26. The normalized spacial score (nSPS) is 13.8. The van der Waals surface area contributed by atoms with Gasteiger partial charge >= 0.3 is 0 Å². The van der Waals surface area contributed by atoms with Gasteiger partial charge in [0.15, 0.2) is 5.13 Å². The van der Waals surface area contributed by atoms with E-state index in [9.17, 15) is 9.59 Å². The van der Waals surface area contributed by atoms with Crippen molar-refractivity contribution in [3.8, 4) is 0 Å². The first-order chi connectivity index (χ1) is 11.7. The maximum atomic E-state index is 12.5. The zero-order valence-electron chi connectivity index (χ0n) is 13.2. The molecule has 0 atom stereocenters. The van der Waals surface area contributed by atoms with Crippen molar-refractivity contribution in [1.29, 1.82) is 0 Å². The van der Waals surface area contributed by atoms with E-state index in [1.165, 1.54) is 17.4 Å². The number of anilines is 1. The smallest absolute Gasteiger partial charge is 0.247 e. The Morgan fingerprint density at radius 3 is 2.75 bits per heavy atom. The first-order valence-electron chi connectivity index (χ1n) is 7.92. The number of nitrogens with one attached hydrogen (secondary N) is 1. The molecule has 6 heteroatoms. The third-order valence-electron chi connectivity index (χ3n) is 3.72. The van der Waals surface area contributed by atoms with Gasteiger partial charge in [0.1, 0.15) is 6.54 Å². The van der Waals surface area contributed by atoms with Crippen LogP contribution in [0.25, 0.3) is 6.08 Å². The fraction of sp³-hybridized carbons (Fsp3) is 0.278. The van der Waals surface area contributed by atoms with Crippen LogP contribution in [0, 0.1) is 5.92 Å². The second kappa shape index (κ2) is 7.88. The summed E-state index contributed by atoms with van der Waals surface area (Å²) in [4.78, 5) is 30.2. The lowest BCUT2D eigenvalue weighted by Gasteiger charge is -2.20. The van der Waals surface area contributed by atoms with Gasteiger partial charge in [-0.15, -0.1) is 11.3 Å². The van der Waals surface area contributed by atoms with Crippen LogP contribution in [0.2, 0.25) is 0 Å². The maximum absolute atomic E-state index is 12.5. The van der Waals surface area contributed by atoms with Gasteiger partial charge < -0.3 is 10.2 Å². The number of rotatable bonds is 7. The standard InChI is InChI=1S/C18H19N3O2S/c22-16(20-18-19-10-11-24-18)13-21(12-15-6-7-15)17(23)9-8-14-4-2-1-3-5-14/h1-5,8-11,15H,6-7,12-13H2,(H,19,20,22). The molecule has 24 heavy (non-hydrogen) atoms. The molecule has 0 bridgehead atoms. The predicted molar refractivity (Wildman–Crippen MR) is 95.5 cm³/mol. The van der Waals surface area contributed by atoms with Gasteiger partial charge in [0.2, 0.25) is 11.8 Å². The SMILES string of the molecule is O=C(CN(CC1CC1)C(=O)C=Cc1ccccc1)Nc1nccs1. The Hall–Kier alpha value is -2.47. The number of carbonyl (C=O) groups is 2. The van der Waals surface area contributed by atoms with Crippen molar-refractivity contribution in [1.82, 2.24) is 9.88 Å². The third kappa shape index (κ3) is 5.03. The molecule has 1 N–H and O–H groups in total. The van der Waals surface area contributed by atoms with Crippen molar-refractivity contribution in [2.45, 2.75) is 12.8 Å². The zero-order chi connectivity index (χ0) is 16.8. The van der Waals surface area contributed by atoms with Crippen LogP contribution >= 0.6 is 11.3 Å². The summed E-state index contributed by atoms with van der Waals surface area (Å²) < 4.78 is 0. The van der Waals surface area contributed by atoms with E-state index in [4.69, 9.17) is 0 Å². The van der Waals surface area contributed by atoms with E-state index < -0.39 is 0 Å². The van der Waals surface area contributed by atoms with Gasteiger partial charge in [-0.3, -0.25) is 9.59 Å². The van der Waals surface area contributed by atoms with Crippen LogP contribution in [-0.2, 0) is 9.59 Å². The summed E-state index contributed by atoms with van der Waals surface area (Å²) >= 11 is 1.36. The van der Waals surface area contributed by atoms with E-state index in [0.29, 0.717) is 17.6 Å². The molecule has 5 nitrogen and oxygen atoms in total. The zero-order valence-corrected chi connectivity index (χ0v) is 14.0. The first kappa shape index (κ1) is 16.4. The second-order valence-corrected chi connectivity index (χ2v) is 6.69. The van der Waals surface area contributed by atoms with Crippen LogP contribution in [0.4, 0.5) is 5.13 Å². The van der Waals surface area contributed by atoms with Crippen LogP contribution in [0.1, 0.15) is 18.4 Å². The number of hydrogen-bond acceptors (Lipinski definition) is 4. The Bertz CT molecular complexity index is 709. The van der Waals surface area contributed by atoms with E-state index in [1.54, 1.807) is 22.6 Å². The molecule has 3 rings (SSSR count). The van der Waals surface area contributed by atoms with Gasteiger partial charge in [-0.1, -0.05) is 30.3 Å². The predicted octanol–water partition coefficient (Wildman–Crippen LogP) is 3.03. The second-order valence-electron chi connectivity index (χ2n) is 5.79. The largest absolute Gasteiger partial charge is 0.330 e. The number of aromatic nitrogens is 1. The van der Waals surface area contributed by atoms with Gasteiger partial charge in [-0.05, 0) is 30.4 Å².